The fourth-order valence-corrected chi connectivity index (χ4v) is 15.5. The van der Waals surface area contributed by atoms with Crippen LogP contribution in [0.2, 0.25) is 0 Å². The molecule has 0 radical (unpaired) electrons. The molecule has 0 bridgehead atoms. The van der Waals surface area contributed by atoms with Crippen molar-refractivity contribution in [3.63, 3.8) is 0 Å². The second-order valence-electron chi connectivity index (χ2n) is 26.0. The number of fused-ring (bicyclic) bond motifs is 14. The molecule has 0 unspecified atom stereocenters. The minimum atomic E-state index is 0. The highest BCUT2D eigenvalue weighted by Crippen LogP contribution is 2.46. The second-order valence-corrected chi connectivity index (χ2v) is 26.9. The van der Waals surface area contributed by atoms with Crippen LogP contribution in [-0.4, -0.2) is 0 Å². The SMILES string of the molecule is Brc1cccc(-c2cccc(-c3cccc4ccccc34)c2)c1.N.[HH].c1cc(-c2cccc(N(c3ccc4c(c3)oc3ccccc34)c3cc4ccccc4c4ccccc34)c2)cc(-c2cccc3ccccc23)c1.c1ccc2c(c1)cc(Cc1ccc3c(c1)oc1ccccc13)c1ccccc12. The number of nitrogens with zero attached hydrogens (tertiary/aromatic N) is 1. The van der Waals surface area contributed by atoms with Crippen LogP contribution < -0.4 is 11.1 Å². The predicted octanol–water partition coefficient (Wildman–Crippen LogP) is 28.7. The van der Waals surface area contributed by atoms with Crippen molar-refractivity contribution in [1.29, 1.82) is 0 Å². The maximum atomic E-state index is 6.42. The molecule has 0 amide bonds. The summed E-state index contributed by atoms with van der Waals surface area (Å²) in [6, 6.07) is 134. The van der Waals surface area contributed by atoms with E-state index in [1.165, 1.54) is 125 Å². The number of anilines is 3. The van der Waals surface area contributed by atoms with Crippen LogP contribution in [0.1, 0.15) is 12.6 Å². The number of benzene rings is 18. The standard InChI is InChI=1S/C48H31NO.C27H18O.C22H15Br.H3N.H2/c1-3-19-39-32(12-1)14-11-24-40(39)35-17-9-15-33(28-35)34-16-10-18-37(29-34)49(38-26-27-45-44-23-7-8-25-47(44)50-48(45)31-38)46-30-36-13-2-4-20-41(36)42-21-5-6-22-43(42)46;1-2-8-21-19(7-1)17-20(22-9-3-4-10-23(21)22)15-18-13-14-25-24-11-5-6-12-26(24)28-27(25)16-18;23-20-11-4-9-18(15-20)17-8-3-10-19(14-17)22-13-5-7-16-6-1-2-12-21(16)22;;/h1-31H;1-14,16-17H,15H2;1-15H;1H3;1H. The van der Waals surface area contributed by atoms with E-state index in [0.717, 1.165) is 66.6 Å². The van der Waals surface area contributed by atoms with E-state index in [9.17, 15) is 0 Å². The molecule has 0 aliphatic rings. The van der Waals surface area contributed by atoms with Gasteiger partial charge in [0.25, 0.3) is 0 Å². The zero-order valence-corrected chi connectivity index (χ0v) is 57.4. The number of halogens is 1. The first-order chi connectivity index (χ1) is 50.0. The fraction of sp³-hybridized carbons (Fsp3) is 0.0103. The van der Waals surface area contributed by atoms with Crippen molar-refractivity contribution < 1.29 is 10.3 Å². The van der Waals surface area contributed by atoms with Gasteiger partial charge in [0.05, 0.1) is 5.69 Å². The zero-order chi connectivity index (χ0) is 67.2. The first-order valence-electron chi connectivity index (χ1n) is 34.4. The molecule has 0 spiro atoms. The van der Waals surface area contributed by atoms with Gasteiger partial charge in [0, 0.05) is 50.3 Å². The molecule has 18 aromatic carbocycles. The van der Waals surface area contributed by atoms with Gasteiger partial charge in [-0.3, -0.25) is 0 Å². The predicted molar refractivity (Wildman–Crippen MR) is 439 cm³/mol. The maximum absolute atomic E-state index is 6.42. The Morgan fingerprint density at radius 2 is 0.637 bits per heavy atom. The van der Waals surface area contributed by atoms with E-state index >= 15 is 0 Å². The van der Waals surface area contributed by atoms with Gasteiger partial charge in [-0.1, -0.05) is 313 Å². The molecule has 0 saturated carbocycles. The lowest BCUT2D eigenvalue weighted by molar-refractivity contribution is 0.668. The third-order valence-electron chi connectivity index (χ3n) is 19.8. The summed E-state index contributed by atoms with van der Waals surface area (Å²) in [6.07, 6.45) is 0.887. The molecule has 4 nitrogen and oxygen atoms in total. The van der Waals surface area contributed by atoms with Gasteiger partial charge >= 0.3 is 0 Å². The van der Waals surface area contributed by atoms with Gasteiger partial charge in [0.15, 0.2) is 0 Å². The summed E-state index contributed by atoms with van der Waals surface area (Å²) in [5.74, 6) is 0. The van der Waals surface area contributed by atoms with Crippen LogP contribution in [0.15, 0.2) is 389 Å². The Hall–Kier alpha value is -12.6. The van der Waals surface area contributed by atoms with Crippen molar-refractivity contribution in [3.8, 4) is 44.5 Å². The molecule has 0 fully saturated rings. The van der Waals surface area contributed by atoms with Crippen LogP contribution in [0.25, 0.3) is 153 Å². The van der Waals surface area contributed by atoms with Crippen molar-refractivity contribution in [2.75, 3.05) is 4.90 Å². The molecule has 0 saturated heterocycles. The minimum Gasteiger partial charge on any atom is -0.456 e. The van der Waals surface area contributed by atoms with E-state index in [4.69, 9.17) is 8.83 Å². The summed E-state index contributed by atoms with van der Waals surface area (Å²) in [5, 5.41) is 19.8. The summed E-state index contributed by atoms with van der Waals surface area (Å²) in [6.45, 7) is 0. The molecule has 2 aromatic heterocycles. The first kappa shape index (κ1) is 62.8. The Morgan fingerprint density at radius 3 is 1.23 bits per heavy atom. The summed E-state index contributed by atoms with van der Waals surface area (Å²) in [4.78, 5) is 2.39. The molecule has 486 valence electrons. The molecular formula is C97H69BrN2O2. The third kappa shape index (κ3) is 12.0. The summed E-state index contributed by atoms with van der Waals surface area (Å²) < 4.78 is 13.6. The normalized spacial score (nSPS) is 11.3. The van der Waals surface area contributed by atoms with E-state index < -0.39 is 0 Å². The average molecular weight is 1370 g/mol. The average Bonchev–Trinajstić information content (AvgIpc) is 1.53. The van der Waals surface area contributed by atoms with Crippen LogP contribution in [0, 0.1) is 0 Å². The molecule has 2 heterocycles. The Kier molecular flexibility index (Phi) is 16.8. The molecular weight excluding hydrogens is 1300 g/mol. The topological polar surface area (TPSA) is 64.5 Å². The van der Waals surface area contributed by atoms with Gasteiger partial charge in [-0.2, -0.15) is 0 Å². The van der Waals surface area contributed by atoms with E-state index in [-0.39, 0.29) is 7.58 Å². The highest BCUT2D eigenvalue weighted by atomic mass is 79.9. The lowest BCUT2D eigenvalue weighted by Gasteiger charge is -2.28. The van der Waals surface area contributed by atoms with Crippen molar-refractivity contribution >= 4 is 142 Å². The van der Waals surface area contributed by atoms with Crippen LogP contribution in [0.4, 0.5) is 17.1 Å². The number of furan rings is 2. The monoisotopic (exact) mass is 1370 g/mol. The molecule has 5 heteroatoms. The molecule has 3 N–H and O–H groups in total. The number of para-hydroxylation sites is 2. The number of hydrogen-bond donors (Lipinski definition) is 1. The lowest BCUT2D eigenvalue weighted by Crippen LogP contribution is -2.10. The third-order valence-corrected chi connectivity index (χ3v) is 20.3. The smallest absolute Gasteiger partial charge is 0.137 e. The quantitative estimate of drug-likeness (QED) is 0.146. The Morgan fingerprint density at radius 1 is 0.245 bits per heavy atom. The number of hydrogen-bond acceptors (Lipinski definition) is 4. The Bertz CT molecular complexity index is 6560. The van der Waals surface area contributed by atoms with Crippen LogP contribution in [0.3, 0.4) is 0 Å². The van der Waals surface area contributed by atoms with Gasteiger partial charge in [0.1, 0.15) is 22.3 Å². The van der Waals surface area contributed by atoms with Gasteiger partial charge in [-0.05, 0) is 194 Å². The largest absolute Gasteiger partial charge is 0.456 e. The van der Waals surface area contributed by atoms with Gasteiger partial charge in [-0.15, -0.1) is 0 Å². The molecule has 0 atom stereocenters. The summed E-state index contributed by atoms with van der Waals surface area (Å²) in [7, 11) is 0. The summed E-state index contributed by atoms with van der Waals surface area (Å²) in [5.41, 5.74) is 19.3. The van der Waals surface area contributed by atoms with E-state index in [1.54, 1.807) is 0 Å². The van der Waals surface area contributed by atoms with E-state index in [1.807, 2.05) is 24.3 Å². The molecule has 20 aromatic rings. The van der Waals surface area contributed by atoms with E-state index in [0.29, 0.717) is 0 Å². The Labute approximate surface area is 601 Å². The van der Waals surface area contributed by atoms with Crippen LogP contribution in [-0.2, 0) is 6.42 Å². The second kappa shape index (κ2) is 27.2. The van der Waals surface area contributed by atoms with Crippen molar-refractivity contribution in [3.05, 3.63) is 392 Å². The van der Waals surface area contributed by atoms with E-state index in [2.05, 4.69) is 373 Å². The molecule has 102 heavy (non-hydrogen) atoms. The fourth-order valence-electron chi connectivity index (χ4n) is 15.1. The molecule has 0 aliphatic heterocycles. The van der Waals surface area contributed by atoms with Gasteiger partial charge in [-0.25, -0.2) is 0 Å². The van der Waals surface area contributed by atoms with Crippen molar-refractivity contribution in [2.45, 2.75) is 6.42 Å². The zero-order valence-electron chi connectivity index (χ0n) is 55.9. The van der Waals surface area contributed by atoms with Gasteiger partial charge in [0.2, 0.25) is 0 Å². The Balaban J connectivity index is 0.000000130. The lowest BCUT2D eigenvalue weighted by atomic mass is 9.93. The summed E-state index contributed by atoms with van der Waals surface area (Å²) >= 11 is 3.56. The maximum Gasteiger partial charge on any atom is 0.137 e. The molecule has 20 rings (SSSR count). The highest BCUT2D eigenvalue weighted by molar-refractivity contribution is 9.10. The van der Waals surface area contributed by atoms with Crippen molar-refractivity contribution in [2.24, 2.45) is 0 Å². The highest BCUT2D eigenvalue weighted by Gasteiger charge is 2.21. The van der Waals surface area contributed by atoms with Crippen molar-refractivity contribution in [1.82, 2.24) is 6.15 Å². The number of rotatable bonds is 9. The van der Waals surface area contributed by atoms with Gasteiger partial charge < -0.3 is 19.9 Å². The molecule has 0 aliphatic carbocycles. The first-order valence-corrected chi connectivity index (χ1v) is 35.2. The minimum absolute atomic E-state index is 0. The van der Waals surface area contributed by atoms with Crippen LogP contribution in [0.5, 0.6) is 0 Å². The van der Waals surface area contributed by atoms with Crippen LogP contribution >= 0.6 is 15.9 Å².